The Morgan fingerprint density at radius 1 is 1.42 bits per heavy atom. The molecule has 0 saturated carbocycles. The molecule has 0 aromatic heterocycles. The van der Waals surface area contributed by atoms with E-state index in [2.05, 4.69) is 5.32 Å². The van der Waals surface area contributed by atoms with Crippen LogP contribution in [0.1, 0.15) is 37.6 Å². The monoisotopic (exact) mass is 267 g/mol. The first-order valence-corrected chi connectivity index (χ1v) is 6.20. The van der Waals surface area contributed by atoms with Gasteiger partial charge in [0.05, 0.1) is 5.56 Å². The SMILES string of the molecule is CCCNC(=O)C(C)Oc1cc(F)ccc1C(C)=O. The number of ketones is 1. The minimum atomic E-state index is -0.786. The standard InChI is InChI=1S/C14H18FNO3/c1-4-7-16-14(18)10(3)19-13-8-11(15)5-6-12(13)9(2)17/h5-6,8,10H,4,7H2,1-3H3,(H,16,18). The molecule has 104 valence electrons. The molecule has 0 bridgehead atoms. The summed E-state index contributed by atoms with van der Waals surface area (Å²) in [5.41, 5.74) is 0.261. The molecule has 0 spiro atoms. The predicted octanol–water partition coefficient (Wildman–Crippen LogP) is 2.32. The summed E-state index contributed by atoms with van der Waals surface area (Å²) >= 11 is 0. The van der Waals surface area contributed by atoms with Crippen LogP contribution in [0.25, 0.3) is 0 Å². The second-order valence-electron chi connectivity index (χ2n) is 4.25. The quantitative estimate of drug-likeness (QED) is 0.805. The van der Waals surface area contributed by atoms with E-state index in [0.717, 1.165) is 12.5 Å². The highest BCUT2D eigenvalue weighted by Crippen LogP contribution is 2.21. The lowest BCUT2D eigenvalue weighted by atomic mass is 10.1. The molecule has 1 aromatic carbocycles. The average molecular weight is 267 g/mol. The first kappa shape index (κ1) is 15.1. The number of rotatable bonds is 6. The third kappa shape index (κ3) is 4.35. The van der Waals surface area contributed by atoms with Crippen molar-refractivity contribution >= 4 is 11.7 Å². The van der Waals surface area contributed by atoms with Gasteiger partial charge in [0, 0.05) is 12.6 Å². The molecule has 1 N–H and O–H groups in total. The molecule has 0 aliphatic rings. The Balaban J connectivity index is 2.83. The van der Waals surface area contributed by atoms with Crippen molar-refractivity contribution in [3.8, 4) is 5.75 Å². The zero-order chi connectivity index (χ0) is 14.4. The molecule has 1 amide bonds. The van der Waals surface area contributed by atoms with Crippen LogP contribution in [0.4, 0.5) is 4.39 Å². The third-order valence-corrected chi connectivity index (χ3v) is 2.55. The van der Waals surface area contributed by atoms with Crippen LogP contribution in [0.15, 0.2) is 18.2 Å². The number of Topliss-reactive ketones (excluding diaryl/α,β-unsaturated/α-hetero) is 1. The van der Waals surface area contributed by atoms with E-state index in [9.17, 15) is 14.0 Å². The van der Waals surface area contributed by atoms with Crippen molar-refractivity contribution in [1.29, 1.82) is 0 Å². The number of amides is 1. The third-order valence-electron chi connectivity index (χ3n) is 2.55. The van der Waals surface area contributed by atoms with Gasteiger partial charge in [0.25, 0.3) is 5.91 Å². The van der Waals surface area contributed by atoms with Crippen molar-refractivity contribution in [1.82, 2.24) is 5.32 Å². The maximum absolute atomic E-state index is 13.2. The largest absolute Gasteiger partial charge is 0.480 e. The Morgan fingerprint density at radius 3 is 2.68 bits per heavy atom. The van der Waals surface area contributed by atoms with Crippen molar-refractivity contribution in [2.75, 3.05) is 6.54 Å². The van der Waals surface area contributed by atoms with Gasteiger partial charge in [-0.15, -0.1) is 0 Å². The summed E-state index contributed by atoms with van der Waals surface area (Å²) < 4.78 is 18.5. The van der Waals surface area contributed by atoms with Gasteiger partial charge in [-0.3, -0.25) is 9.59 Å². The number of benzene rings is 1. The highest BCUT2D eigenvalue weighted by molar-refractivity contribution is 5.97. The fourth-order valence-electron chi connectivity index (χ4n) is 1.52. The summed E-state index contributed by atoms with van der Waals surface area (Å²) in [6.07, 6.45) is 0.0309. The van der Waals surface area contributed by atoms with E-state index >= 15 is 0 Å². The van der Waals surface area contributed by atoms with Gasteiger partial charge >= 0.3 is 0 Å². The van der Waals surface area contributed by atoms with E-state index in [4.69, 9.17) is 4.74 Å². The summed E-state index contributed by atoms with van der Waals surface area (Å²) in [6.45, 7) is 5.41. The highest BCUT2D eigenvalue weighted by Gasteiger charge is 2.17. The number of ether oxygens (including phenoxy) is 1. The van der Waals surface area contributed by atoms with Gasteiger partial charge in [-0.1, -0.05) is 6.92 Å². The van der Waals surface area contributed by atoms with Crippen LogP contribution in [0.5, 0.6) is 5.75 Å². The van der Waals surface area contributed by atoms with Crippen LogP contribution in [-0.2, 0) is 4.79 Å². The van der Waals surface area contributed by atoms with Gasteiger partial charge < -0.3 is 10.1 Å². The first-order valence-electron chi connectivity index (χ1n) is 6.20. The average Bonchev–Trinajstić information content (AvgIpc) is 2.35. The molecule has 0 radical (unpaired) electrons. The Hall–Kier alpha value is -1.91. The summed E-state index contributed by atoms with van der Waals surface area (Å²) in [6, 6.07) is 3.65. The maximum Gasteiger partial charge on any atom is 0.260 e. The molecule has 4 nitrogen and oxygen atoms in total. The number of halogens is 1. The molecular formula is C14H18FNO3. The lowest BCUT2D eigenvalue weighted by Gasteiger charge is -2.16. The highest BCUT2D eigenvalue weighted by atomic mass is 19.1. The molecule has 0 fully saturated rings. The molecular weight excluding hydrogens is 249 g/mol. The molecule has 0 aliphatic carbocycles. The van der Waals surface area contributed by atoms with E-state index in [-0.39, 0.29) is 23.0 Å². The topological polar surface area (TPSA) is 55.4 Å². The molecule has 1 aromatic rings. The van der Waals surface area contributed by atoms with Crippen LogP contribution in [0.3, 0.4) is 0 Å². The van der Waals surface area contributed by atoms with Crippen LogP contribution in [0, 0.1) is 5.82 Å². The minimum absolute atomic E-state index is 0.0895. The van der Waals surface area contributed by atoms with Gasteiger partial charge in [0.1, 0.15) is 11.6 Å². The predicted molar refractivity (Wildman–Crippen MR) is 69.8 cm³/mol. The fourth-order valence-corrected chi connectivity index (χ4v) is 1.52. The normalized spacial score (nSPS) is 11.8. The Bertz CT molecular complexity index is 474. The Morgan fingerprint density at radius 2 is 2.11 bits per heavy atom. The van der Waals surface area contributed by atoms with Gasteiger partial charge in [-0.05, 0) is 32.4 Å². The van der Waals surface area contributed by atoms with E-state index in [1.165, 1.54) is 19.1 Å². The zero-order valence-electron chi connectivity index (χ0n) is 11.3. The molecule has 5 heteroatoms. The van der Waals surface area contributed by atoms with Crippen molar-refractivity contribution in [3.63, 3.8) is 0 Å². The molecule has 1 rings (SSSR count). The Kier molecular flexibility index (Phi) is 5.48. The first-order chi connectivity index (χ1) is 8.95. The maximum atomic E-state index is 13.2. The van der Waals surface area contributed by atoms with Crippen molar-refractivity contribution < 1.29 is 18.7 Å². The molecule has 0 aliphatic heterocycles. The van der Waals surface area contributed by atoms with Gasteiger partial charge in [0.15, 0.2) is 11.9 Å². The molecule has 19 heavy (non-hydrogen) atoms. The van der Waals surface area contributed by atoms with Gasteiger partial charge in [-0.25, -0.2) is 4.39 Å². The van der Waals surface area contributed by atoms with Crippen LogP contribution < -0.4 is 10.1 Å². The Labute approximate surface area is 112 Å². The summed E-state index contributed by atoms with van der Waals surface area (Å²) in [4.78, 5) is 23.1. The molecule has 0 heterocycles. The lowest BCUT2D eigenvalue weighted by molar-refractivity contribution is -0.127. The molecule has 1 atom stereocenters. The molecule has 1 unspecified atom stereocenters. The van der Waals surface area contributed by atoms with Gasteiger partial charge in [0.2, 0.25) is 0 Å². The number of carbonyl (C=O) groups excluding carboxylic acids is 2. The number of carbonyl (C=O) groups is 2. The summed E-state index contributed by atoms with van der Waals surface area (Å²) in [5, 5.41) is 2.67. The smallest absolute Gasteiger partial charge is 0.260 e. The fraction of sp³-hybridized carbons (Fsp3) is 0.429. The zero-order valence-corrected chi connectivity index (χ0v) is 11.3. The van der Waals surface area contributed by atoms with Crippen LogP contribution >= 0.6 is 0 Å². The summed E-state index contributed by atoms with van der Waals surface area (Å²) in [5.74, 6) is -0.954. The van der Waals surface area contributed by atoms with E-state index < -0.39 is 11.9 Å². The van der Waals surface area contributed by atoms with E-state index in [1.54, 1.807) is 6.92 Å². The second kappa shape index (κ2) is 6.87. The van der Waals surface area contributed by atoms with E-state index in [0.29, 0.717) is 6.54 Å². The van der Waals surface area contributed by atoms with Crippen LogP contribution in [-0.4, -0.2) is 24.3 Å². The van der Waals surface area contributed by atoms with Crippen LogP contribution in [0.2, 0.25) is 0 Å². The minimum Gasteiger partial charge on any atom is -0.480 e. The number of hydrogen-bond acceptors (Lipinski definition) is 3. The van der Waals surface area contributed by atoms with E-state index in [1.807, 2.05) is 6.92 Å². The van der Waals surface area contributed by atoms with Crippen molar-refractivity contribution in [2.24, 2.45) is 0 Å². The van der Waals surface area contributed by atoms with Gasteiger partial charge in [-0.2, -0.15) is 0 Å². The van der Waals surface area contributed by atoms with Crippen molar-refractivity contribution in [3.05, 3.63) is 29.6 Å². The second-order valence-corrected chi connectivity index (χ2v) is 4.25. The lowest BCUT2D eigenvalue weighted by Crippen LogP contribution is -2.36. The van der Waals surface area contributed by atoms with Crippen molar-refractivity contribution in [2.45, 2.75) is 33.3 Å². The number of nitrogens with one attached hydrogen (secondary N) is 1. The molecule has 0 saturated heterocycles. The summed E-state index contributed by atoms with van der Waals surface area (Å²) in [7, 11) is 0. The number of hydrogen-bond donors (Lipinski definition) is 1.